The Morgan fingerprint density at radius 2 is 1.48 bits per heavy atom. The van der Waals surface area contributed by atoms with Crippen molar-refractivity contribution in [3.8, 4) is 5.75 Å². The van der Waals surface area contributed by atoms with Crippen molar-refractivity contribution in [2.75, 3.05) is 20.7 Å². The van der Waals surface area contributed by atoms with Crippen molar-refractivity contribution in [1.29, 1.82) is 0 Å². The van der Waals surface area contributed by atoms with Gasteiger partial charge in [-0.15, -0.1) is 0 Å². The minimum absolute atomic E-state index is 0.171. The van der Waals surface area contributed by atoms with E-state index in [1.54, 1.807) is 24.3 Å². The molecule has 2 aliphatic rings. The first kappa shape index (κ1) is 31.9. The number of esters is 1. The Balaban J connectivity index is 1.47. The average molecular weight is 623 g/mol. The van der Waals surface area contributed by atoms with Crippen LogP contribution in [0.3, 0.4) is 0 Å². The van der Waals surface area contributed by atoms with Gasteiger partial charge in [-0.05, 0) is 40.8 Å². The number of likely N-dealkylation sites (N-methyl/N-ethyl adjacent to an activating group) is 1. The van der Waals surface area contributed by atoms with Crippen LogP contribution >= 0.6 is 0 Å². The first-order chi connectivity index (χ1) is 22.3. The SMILES string of the molecule is COc1ccc([C@H]([C@H](Cc2ccccc2)OC(C)=O)N2C[C@@H]3[C@H]([C@@H]2Cc2ccccc2)N(C)O[C@@]3(O)[C@H](O)c2ccccc2)cc1. The molecule has 4 aromatic carbocycles. The van der Waals surface area contributed by atoms with Crippen LogP contribution in [-0.2, 0) is 27.2 Å². The molecule has 0 unspecified atom stereocenters. The summed E-state index contributed by atoms with van der Waals surface area (Å²) < 4.78 is 11.7. The van der Waals surface area contributed by atoms with Crippen molar-refractivity contribution in [2.24, 2.45) is 5.92 Å². The predicted octanol–water partition coefficient (Wildman–Crippen LogP) is 5.12. The normalized spacial score (nSPS) is 25.0. The van der Waals surface area contributed by atoms with E-state index in [0.29, 0.717) is 24.9 Å². The quantitative estimate of drug-likeness (QED) is 0.223. The molecule has 2 saturated heterocycles. The van der Waals surface area contributed by atoms with Crippen molar-refractivity contribution in [3.05, 3.63) is 138 Å². The molecule has 0 aliphatic carbocycles. The summed E-state index contributed by atoms with van der Waals surface area (Å²) in [5.74, 6) is -2.01. The molecule has 8 heteroatoms. The number of likely N-dealkylation sites (tertiary alicyclic amines) is 1. The van der Waals surface area contributed by atoms with Gasteiger partial charge < -0.3 is 19.7 Å². The van der Waals surface area contributed by atoms with Crippen LogP contribution in [0.25, 0.3) is 0 Å². The van der Waals surface area contributed by atoms with Crippen molar-refractivity contribution < 1.29 is 29.3 Å². The molecule has 2 heterocycles. The summed E-state index contributed by atoms with van der Waals surface area (Å²) >= 11 is 0. The number of rotatable bonds is 11. The van der Waals surface area contributed by atoms with Gasteiger partial charge in [0.1, 0.15) is 18.0 Å². The highest BCUT2D eigenvalue weighted by Gasteiger charge is 2.64. The summed E-state index contributed by atoms with van der Waals surface area (Å²) in [5.41, 5.74) is 3.70. The summed E-state index contributed by atoms with van der Waals surface area (Å²) in [7, 11) is 3.46. The van der Waals surface area contributed by atoms with E-state index in [0.717, 1.165) is 22.4 Å². The highest BCUT2D eigenvalue weighted by atomic mass is 16.8. The second kappa shape index (κ2) is 13.7. The number of aliphatic hydroxyl groups is 2. The third kappa shape index (κ3) is 6.45. The van der Waals surface area contributed by atoms with Gasteiger partial charge >= 0.3 is 5.97 Å². The lowest BCUT2D eigenvalue weighted by Gasteiger charge is -2.41. The highest BCUT2D eigenvalue weighted by Crippen LogP contribution is 2.51. The number of hydrogen-bond acceptors (Lipinski definition) is 8. The van der Waals surface area contributed by atoms with Crippen LogP contribution in [-0.4, -0.2) is 70.8 Å². The monoisotopic (exact) mass is 622 g/mol. The summed E-state index contributed by atoms with van der Waals surface area (Å²) in [6, 6.07) is 36.4. The van der Waals surface area contributed by atoms with E-state index < -0.39 is 23.9 Å². The number of hydroxylamine groups is 2. The topological polar surface area (TPSA) is 91.7 Å². The van der Waals surface area contributed by atoms with Gasteiger partial charge in [0.05, 0.1) is 19.2 Å². The standard InChI is InChI=1S/C38H42N2O6/c1-26(41)45-34(24-28-15-9-5-10-16-28)35(29-19-21-31(44-3)22-20-29)40-25-32-36(33(40)23-27-13-7-4-8-14-27)39(2)46-38(32,43)37(42)30-17-11-6-12-18-30/h4-22,32-37,42-43H,23-25H2,1-3H3/t32-,33+,34+,35-,36-,37-,38-/m1/s1. The lowest BCUT2D eigenvalue weighted by Crippen LogP contribution is -2.49. The molecular weight excluding hydrogens is 580 g/mol. The van der Waals surface area contributed by atoms with E-state index in [2.05, 4.69) is 17.0 Å². The van der Waals surface area contributed by atoms with Gasteiger partial charge in [-0.25, -0.2) is 0 Å². The van der Waals surface area contributed by atoms with E-state index in [9.17, 15) is 15.0 Å². The molecule has 2 N–H and O–H groups in total. The summed E-state index contributed by atoms with van der Waals surface area (Å²) in [4.78, 5) is 21.2. The highest BCUT2D eigenvalue weighted by molar-refractivity contribution is 5.66. The maximum atomic E-state index is 12.7. The Kier molecular flexibility index (Phi) is 9.54. The smallest absolute Gasteiger partial charge is 0.302 e. The number of nitrogens with zero attached hydrogens (tertiary/aromatic N) is 2. The molecule has 2 fully saturated rings. The molecule has 0 saturated carbocycles. The molecule has 0 spiro atoms. The molecule has 0 aromatic heterocycles. The van der Waals surface area contributed by atoms with Crippen molar-refractivity contribution >= 4 is 5.97 Å². The van der Waals surface area contributed by atoms with E-state index in [1.807, 2.05) is 98.0 Å². The number of aliphatic hydroxyl groups excluding tert-OH is 1. The Labute approximate surface area is 270 Å². The van der Waals surface area contributed by atoms with Crippen LogP contribution in [0.5, 0.6) is 5.75 Å². The fraction of sp³-hybridized carbons (Fsp3) is 0.342. The summed E-state index contributed by atoms with van der Waals surface area (Å²) in [6.45, 7) is 1.83. The second-order valence-corrected chi connectivity index (χ2v) is 12.3. The number of carbonyl (C=O) groups is 1. The van der Waals surface area contributed by atoms with E-state index in [-0.39, 0.29) is 24.1 Å². The molecule has 46 heavy (non-hydrogen) atoms. The summed E-state index contributed by atoms with van der Waals surface area (Å²) in [5, 5.41) is 25.6. The van der Waals surface area contributed by atoms with Gasteiger partial charge in [0.2, 0.25) is 5.79 Å². The van der Waals surface area contributed by atoms with E-state index >= 15 is 0 Å². The van der Waals surface area contributed by atoms with Crippen molar-refractivity contribution in [2.45, 2.75) is 55.9 Å². The Bertz CT molecular complexity index is 1570. The maximum Gasteiger partial charge on any atom is 0.302 e. The van der Waals surface area contributed by atoms with Gasteiger partial charge in [-0.1, -0.05) is 103 Å². The summed E-state index contributed by atoms with van der Waals surface area (Å²) in [6.07, 6.45) is -0.692. The van der Waals surface area contributed by atoms with Crippen molar-refractivity contribution in [1.82, 2.24) is 9.96 Å². The fourth-order valence-corrected chi connectivity index (χ4v) is 7.40. The maximum absolute atomic E-state index is 12.7. The van der Waals surface area contributed by atoms with Gasteiger partial charge in [-0.2, -0.15) is 5.06 Å². The third-order valence-electron chi connectivity index (χ3n) is 9.44. The predicted molar refractivity (Wildman–Crippen MR) is 175 cm³/mol. The van der Waals surface area contributed by atoms with Gasteiger partial charge in [0, 0.05) is 38.9 Å². The zero-order valence-electron chi connectivity index (χ0n) is 26.5. The first-order valence-electron chi connectivity index (χ1n) is 15.8. The Morgan fingerprint density at radius 3 is 2.07 bits per heavy atom. The lowest BCUT2D eigenvalue weighted by molar-refractivity contribution is -0.328. The minimum Gasteiger partial charge on any atom is -0.497 e. The van der Waals surface area contributed by atoms with Crippen LogP contribution in [0.4, 0.5) is 0 Å². The molecule has 0 radical (unpaired) electrons. The zero-order chi connectivity index (χ0) is 32.3. The minimum atomic E-state index is -1.88. The average Bonchev–Trinajstić information content (AvgIpc) is 3.57. The molecule has 8 nitrogen and oxygen atoms in total. The molecule has 4 aromatic rings. The second-order valence-electron chi connectivity index (χ2n) is 12.3. The molecular formula is C38H42N2O6. The molecule has 2 aliphatic heterocycles. The van der Waals surface area contributed by atoms with Crippen molar-refractivity contribution in [3.63, 3.8) is 0 Å². The Hall–Kier alpha value is -4.05. The molecule has 6 rings (SSSR count). The fourth-order valence-electron chi connectivity index (χ4n) is 7.40. The van der Waals surface area contributed by atoms with E-state index in [1.165, 1.54) is 6.92 Å². The molecule has 0 amide bonds. The molecule has 240 valence electrons. The third-order valence-corrected chi connectivity index (χ3v) is 9.44. The first-order valence-corrected chi connectivity index (χ1v) is 15.8. The number of methoxy groups -OCH3 is 1. The number of hydrogen-bond donors (Lipinski definition) is 2. The van der Waals surface area contributed by atoms with Crippen LogP contribution in [0.2, 0.25) is 0 Å². The van der Waals surface area contributed by atoms with Crippen LogP contribution in [0.1, 0.15) is 41.3 Å². The van der Waals surface area contributed by atoms with Crippen LogP contribution in [0, 0.1) is 5.92 Å². The lowest BCUT2D eigenvalue weighted by atomic mass is 9.84. The van der Waals surface area contributed by atoms with Crippen LogP contribution < -0.4 is 4.74 Å². The number of carbonyl (C=O) groups excluding carboxylic acids is 1. The largest absolute Gasteiger partial charge is 0.497 e. The van der Waals surface area contributed by atoms with E-state index in [4.69, 9.17) is 14.3 Å². The van der Waals surface area contributed by atoms with Gasteiger partial charge in [0.25, 0.3) is 0 Å². The molecule has 0 bridgehead atoms. The molecule has 7 atom stereocenters. The van der Waals surface area contributed by atoms with Crippen LogP contribution in [0.15, 0.2) is 115 Å². The van der Waals surface area contributed by atoms with Gasteiger partial charge in [-0.3, -0.25) is 14.5 Å². The number of ether oxygens (including phenoxy) is 2. The number of fused-ring (bicyclic) bond motifs is 1. The van der Waals surface area contributed by atoms with Gasteiger partial charge in [0.15, 0.2) is 0 Å². The number of benzene rings is 4. The zero-order valence-corrected chi connectivity index (χ0v) is 26.5. The Morgan fingerprint density at radius 1 is 0.891 bits per heavy atom.